The molecule has 5 heterocycles. The molecule has 174 valence electrons. The molecule has 1 unspecified atom stereocenters. The van der Waals surface area contributed by atoms with E-state index in [1.165, 1.54) is 0 Å². The summed E-state index contributed by atoms with van der Waals surface area (Å²) in [5.74, 6) is 0.888. The van der Waals surface area contributed by atoms with Gasteiger partial charge in [0.05, 0.1) is 12.1 Å². The minimum atomic E-state index is -0.227. The predicted molar refractivity (Wildman–Crippen MR) is 131 cm³/mol. The zero-order chi connectivity index (χ0) is 23.8. The smallest absolute Gasteiger partial charge is 0.327 e. The molecule has 0 fully saturated rings. The van der Waals surface area contributed by atoms with Crippen LogP contribution in [0.1, 0.15) is 28.2 Å². The minimum absolute atomic E-state index is 0.0563. The molecule has 0 aliphatic carbocycles. The molecular weight excluding hydrogens is 442 g/mol. The molecule has 0 bridgehead atoms. The number of imidazole rings is 2. The Morgan fingerprint density at radius 1 is 1.09 bits per heavy atom. The molecule has 2 N–H and O–H groups in total. The van der Waals surface area contributed by atoms with Crippen LogP contribution in [-0.2, 0) is 19.5 Å². The molecule has 1 aliphatic heterocycles. The number of benzene rings is 1. The van der Waals surface area contributed by atoms with Gasteiger partial charge in [-0.05, 0) is 41.8 Å². The minimum Gasteiger partial charge on any atom is -0.349 e. The Morgan fingerprint density at radius 2 is 2.03 bits per heavy atom. The highest BCUT2D eigenvalue weighted by molar-refractivity contribution is 5.95. The van der Waals surface area contributed by atoms with E-state index in [9.17, 15) is 9.59 Å². The third-order valence-electron chi connectivity index (χ3n) is 6.43. The van der Waals surface area contributed by atoms with Crippen LogP contribution in [0.25, 0.3) is 22.3 Å². The first kappa shape index (κ1) is 21.0. The second kappa shape index (κ2) is 8.68. The number of hydrogen-bond acceptors (Lipinski definition) is 5. The highest BCUT2D eigenvalue weighted by atomic mass is 16.2. The quantitative estimate of drug-likeness (QED) is 0.415. The molecule has 1 amide bonds. The third-order valence-corrected chi connectivity index (χ3v) is 6.43. The first-order valence-corrected chi connectivity index (χ1v) is 11.5. The number of rotatable bonds is 5. The zero-order valence-corrected chi connectivity index (χ0v) is 18.9. The number of aromatic nitrogens is 6. The standard InChI is InChI=1S/C26H23N7O2/c34-25(30-21-6-9-32-10-8-28-23(32)13-21)19-5-1-4-18(11-19)20-12-22-24(29-15-20)31-26(35)33(22)16-17-3-2-7-27-14-17/h1-5,7-8,10-12,14-15,21H,6,9,13,16H2,(H,30,34)(H,29,31,35). The molecule has 1 atom stereocenters. The van der Waals surface area contributed by atoms with Gasteiger partial charge in [-0.15, -0.1) is 0 Å². The summed E-state index contributed by atoms with van der Waals surface area (Å²) in [6.45, 7) is 1.24. The number of amides is 1. The van der Waals surface area contributed by atoms with Crippen LogP contribution in [0, 0.1) is 0 Å². The van der Waals surface area contributed by atoms with E-state index in [4.69, 9.17) is 0 Å². The van der Waals surface area contributed by atoms with Crippen molar-refractivity contribution in [1.82, 2.24) is 34.4 Å². The molecule has 4 aromatic heterocycles. The van der Waals surface area contributed by atoms with E-state index in [1.54, 1.807) is 29.4 Å². The van der Waals surface area contributed by atoms with Crippen molar-refractivity contribution in [2.75, 3.05) is 0 Å². The summed E-state index contributed by atoms with van der Waals surface area (Å²) in [4.78, 5) is 41.4. The van der Waals surface area contributed by atoms with Crippen molar-refractivity contribution in [2.45, 2.75) is 32.0 Å². The summed E-state index contributed by atoms with van der Waals surface area (Å²) in [5.41, 5.74) is 4.17. The zero-order valence-electron chi connectivity index (χ0n) is 18.9. The maximum Gasteiger partial charge on any atom is 0.327 e. The Hall–Kier alpha value is -4.53. The number of fused-ring (bicyclic) bond motifs is 2. The summed E-state index contributed by atoms with van der Waals surface area (Å²) in [5, 5.41) is 3.15. The number of pyridine rings is 2. The monoisotopic (exact) mass is 465 g/mol. The van der Waals surface area contributed by atoms with E-state index in [1.807, 2.05) is 48.7 Å². The lowest BCUT2D eigenvalue weighted by Crippen LogP contribution is -2.40. The van der Waals surface area contributed by atoms with Gasteiger partial charge in [-0.25, -0.2) is 14.8 Å². The average Bonchev–Trinajstić information content (AvgIpc) is 3.48. The largest absolute Gasteiger partial charge is 0.349 e. The lowest BCUT2D eigenvalue weighted by molar-refractivity contribution is 0.0930. The Morgan fingerprint density at radius 3 is 2.91 bits per heavy atom. The fourth-order valence-electron chi connectivity index (χ4n) is 4.61. The molecule has 9 nitrogen and oxygen atoms in total. The maximum atomic E-state index is 13.0. The molecule has 5 aromatic rings. The molecule has 0 saturated carbocycles. The number of carbonyl (C=O) groups excluding carboxylic acids is 1. The number of H-pyrrole nitrogens is 1. The number of aryl methyl sites for hydroxylation is 1. The van der Waals surface area contributed by atoms with Gasteiger partial charge >= 0.3 is 5.69 Å². The third kappa shape index (κ3) is 4.12. The Balaban J connectivity index is 1.26. The lowest BCUT2D eigenvalue weighted by atomic mass is 10.0. The van der Waals surface area contributed by atoms with E-state index in [0.29, 0.717) is 23.3 Å². The maximum absolute atomic E-state index is 13.0. The summed E-state index contributed by atoms with van der Waals surface area (Å²) >= 11 is 0. The van der Waals surface area contributed by atoms with Crippen molar-refractivity contribution in [3.8, 4) is 11.1 Å². The van der Waals surface area contributed by atoms with Crippen molar-refractivity contribution in [1.29, 1.82) is 0 Å². The fraction of sp³-hybridized carbons (Fsp3) is 0.192. The molecule has 1 aromatic carbocycles. The molecule has 1 aliphatic rings. The first-order chi connectivity index (χ1) is 17.1. The second-order valence-corrected chi connectivity index (χ2v) is 8.75. The number of carbonyl (C=O) groups is 1. The van der Waals surface area contributed by atoms with Crippen molar-refractivity contribution >= 4 is 17.1 Å². The lowest BCUT2D eigenvalue weighted by Gasteiger charge is -2.24. The average molecular weight is 466 g/mol. The SMILES string of the molecule is O=C(NC1CCn2ccnc2C1)c1cccc(-c2cnc3[nH]c(=O)n(Cc4cccnc4)c3c2)c1. The van der Waals surface area contributed by atoms with Gasteiger partial charge < -0.3 is 9.88 Å². The Kier molecular flexibility index (Phi) is 5.21. The number of nitrogens with one attached hydrogen (secondary N) is 2. The van der Waals surface area contributed by atoms with E-state index in [-0.39, 0.29) is 17.6 Å². The molecule has 6 rings (SSSR count). The summed E-state index contributed by atoms with van der Waals surface area (Å²) in [7, 11) is 0. The summed E-state index contributed by atoms with van der Waals surface area (Å²) in [6, 6.07) is 13.2. The van der Waals surface area contributed by atoms with Gasteiger partial charge in [0.15, 0.2) is 5.65 Å². The van der Waals surface area contributed by atoms with Crippen LogP contribution in [-0.4, -0.2) is 41.0 Å². The number of nitrogens with zero attached hydrogens (tertiary/aromatic N) is 5. The molecule has 35 heavy (non-hydrogen) atoms. The Bertz CT molecular complexity index is 1580. The van der Waals surface area contributed by atoms with Gasteiger partial charge in [0.25, 0.3) is 5.91 Å². The van der Waals surface area contributed by atoms with Gasteiger partial charge in [0, 0.05) is 61.1 Å². The first-order valence-electron chi connectivity index (χ1n) is 11.5. The van der Waals surface area contributed by atoms with Crippen LogP contribution < -0.4 is 11.0 Å². The van der Waals surface area contributed by atoms with Crippen LogP contribution in [0.2, 0.25) is 0 Å². The van der Waals surface area contributed by atoms with Gasteiger partial charge in [-0.3, -0.25) is 19.3 Å². The molecule has 9 heteroatoms. The van der Waals surface area contributed by atoms with Crippen LogP contribution in [0.3, 0.4) is 0 Å². The molecule has 0 radical (unpaired) electrons. The topological polar surface area (TPSA) is 110 Å². The van der Waals surface area contributed by atoms with Crippen molar-refractivity contribution in [3.05, 3.63) is 101 Å². The van der Waals surface area contributed by atoms with Crippen LogP contribution in [0.15, 0.2) is 78.2 Å². The fourth-order valence-corrected chi connectivity index (χ4v) is 4.61. The highest BCUT2D eigenvalue weighted by Gasteiger charge is 2.21. The van der Waals surface area contributed by atoms with E-state index >= 15 is 0 Å². The van der Waals surface area contributed by atoms with Crippen molar-refractivity contribution in [3.63, 3.8) is 0 Å². The van der Waals surface area contributed by atoms with Crippen LogP contribution in [0.4, 0.5) is 0 Å². The Labute approximate surface area is 200 Å². The van der Waals surface area contributed by atoms with Crippen LogP contribution in [0.5, 0.6) is 0 Å². The van der Waals surface area contributed by atoms with E-state index in [2.05, 4.69) is 29.8 Å². The predicted octanol–water partition coefficient (Wildman–Crippen LogP) is 2.78. The molecule has 0 spiro atoms. The second-order valence-electron chi connectivity index (χ2n) is 8.75. The van der Waals surface area contributed by atoms with Gasteiger partial charge in [-0.1, -0.05) is 18.2 Å². The molecular formula is C26H23N7O2. The summed E-state index contributed by atoms with van der Waals surface area (Å²) in [6.07, 6.45) is 10.5. The van der Waals surface area contributed by atoms with Crippen molar-refractivity contribution in [2.24, 2.45) is 0 Å². The van der Waals surface area contributed by atoms with E-state index < -0.39 is 0 Å². The molecule has 0 saturated heterocycles. The normalized spacial score (nSPS) is 15.1. The summed E-state index contributed by atoms with van der Waals surface area (Å²) < 4.78 is 3.77. The number of aromatic amines is 1. The highest BCUT2D eigenvalue weighted by Crippen LogP contribution is 2.23. The van der Waals surface area contributed by atoms with Crippen molar-refractivity contribution < 1.29 is 4.79 Å². The van der Waals surface area contributed by atoms with E-state index in [0.717, 1.165) is 41.9 Å². The van der Waals surface area contributed by atoms with Gasteiger partial charge in [0.2, 0.25) is 0 Å². The number of hydrogen-bond donors (Lipinski definition) is 2. The van der Waals surface area contributed by atoms with Crippen LogP contribution >= 0.6 is 0 Å². The van der Waals surface area contributed by atoms with Gasteiger partial charge in [0.1, 0.15) is 5.82 Å². The van der Waals surface area contributed by atoms with Gasteiger partial charge in [-0.2, -0.15) is 0 Å².